The van der Waals surface area contributed by atoms with E-state index in [4.69, 9.17) is 27.9 Å². The van der Waals surface area contributed by atoms with Crippen LogP contribution < -0.4 is 10.2 Å². The van der Waals surface area contributed by atoms with Crippen molar-refractivity contribution < 1.29 is 14.3 Å². The number of anilines is 2. The number of hydrogen-bond donors (Lipinski definition) is 1. The molecule has 0 spiro atoms. The Balaban J connectivity index is 1.60. The minimum Gasteiger partial charge on any atom is -0.385 e. The number of nitrogens with zero attached hydrogens (tertiary/aromatic N) is 3. The Morgan fingerprint density at radius 1 is 1.20 bits per heavy atom. The first kappa shape index (κ1) is 20.7. The van der Waals surface area contributed by atoms with Crippen LogP contribution in [-0.2, 0) is 14.3 Å². The van der Waals surface area contributed by atoms with E-state index in [0.717, 1.165) is 11.0 Å². The second kappa shape index (κ2) is 8.63. The molecule has 2 heterocycles. The van der Waals surface area contributed by atoms with Crippen molar-refractivity contribution in [3.63, 3.8) is 0 Å². The van der Waals surface area contributed by atoms with Gasteiger partial charge in [-0.3, -0.25) is 19.1 Å². The van der Waals surface area contributed by atoms with E-state index in [0.29, 0.717) is 41.3 Å². The van der Waals surface area contributed by atoms with Gasteiger partial charge in [0.2, 0.25) is 11.9 Å². The Bertz CT molecular complexity index is 1110. The predicted molar refractivity (Wildman–Crippen MR) is 117 cm³/mol. The maximum Gasteiger partial charge on any atom is 0.253 e. The second-order valence-corrected chi connectivity index (χ2v) is 7.82. The molecule has 0 unspecified atom stereocenters. The SMILES string of the molecule is COCCCN1C(=O)[C@@H](CC(=O)Nc2ccc(Cl)c(Cl)c2)n2c1nc1ccccc12. The first-order valence-electron chi connectivity index (χ1n) is 9.52. The third-order valence-electron chi connectivity index (χ3n) is 4.99. The summed E-state index contributed by atoms with van der Waals surface area (Å²) in [6.45, 7) is 1.01. The smallest absolute Gasteiger partial charge is 0.253 e. The van der Waals surface area contributed by atoms with Gasteiger partial charge in [0.1, 0.15) is 6.04 Å². The molecule has 0 saturated heterocycles. The van der Waals surface area contributed by atoms with E-state index in [9.17, 15) is 9.59 Å². The summed E-state index contributed by atoms with van der Waals surface area (Å²) in [6.07, 6.45) is 0.654. The average molecular weight is 447 g/mol. The number of carbonyl (C=O) groups excluding carboxylic acids is 2. The third-order valence-corrected chi connectivity index (χ3v) is 5.73. The van der Waals surface area contributed by atoms with E-state index in [1.54, 1.807) is 30.2 Å². The number of benzene rings is 2. The molecule has 156 valence electrons. The van der Waals surface area contributed by atoms with Crippen molar-refractivity contribution in [1.29, 1.82) is 0 Å². The maximum atomic E-state index is 13.2. The topological polar surface area (TPSA) is 76.5 Å². The molecule has 1 aromatic heterocycles. The van der Waals surface area contributed by atoms with Crippen LogP contribution >= 0.6 is 23.2 Å². The summed E-state index contributed by atoms with van der Waals surface area (Å²) in [7, 11) is 1.62. The first-order valence-corrected chi connectivity index (χ1v) is 10.3. The van der Waals surface area contributed by atoms with Crippen LogP contribution in [0.5, 0.6) is 0 Å². The van der Waals surface area contributed by atoms with Crippen molar-refractivity contribution in [3.05, 3.63) is 52.5 Å². The number of hydrogen-bond acceptors (Lipinski definition) is 4. The lowest BCUT2D eigenvalue weighted by Gasteiger charge is -2.15. The summed E-state index contributed by atoms with van der Waals surface area (Å²) in [6, 6.07) is 11.8. The molecule has 7 nitrogen and oxygen atoms in total. The number of halogens is 2. The zero-order valence-electron chi connectivity index (χ0n) is 16.3. The van der Waals surface area contributed by atoms with Gasteiger partial charge in [0.25, 0.3) is 5.91 Å². The molecule has 0 saturated carbocycles. The molecule has 1 N–H and O–H groups in total. The van der Waals surface area contributed by atoms with Crippen molar-refractivity contribution in [2.75, 3.05) is 30.5 Å². The predicted octanol–water partition coefficient (Wildman–Crippen LogP) is 4.30. The molecule has 2 amide bonds. The van der Waals surface area contributed by atoms with Gasteiger partial charge in [0, 0.05) is 25.9 Å². The Kier molecular flexibility index (Phi) is 5.94. The van der Waals surface area contributed by atoms with Gasteiger partial charge in [0.05, 0.1) is 27.5 Å². The van der Waals surface area contributed by atoms with Crippen molar-refractivity contribution in [2.45, 2.75) is 18.9 Å². The molecular formula is C21H20Cl2N4O3. The zero-order chi connectivity index (χ0) is 21.3. The highest BCUT2D eigenvalue weighted by Crippen LogP contribution is 2.36. The van der Waals surface area contributed by atoms with E-state index in [-0.39, 0.29) is 18.2 Å². The quantitative estimate of drug-likeness (QED) is 0.548. The van der Waals surface area contributed by atoms with Gasteiger partial charge in [-0.1, -0.05) is 35.3 Å². The van der Waals surface area contributed by atoms with E-state index in [2.05, 4.69) is 10.3 Å². The van der Waals surface area contributed by atoms with Crippen LogP contribution in [0.4, 0.5) is 11.6 Å². The van der Waals surface area contributed by atoms with E-state index < -0.39 is 6.04 Å². The van der Waals surface area contributed by atoms with Crippen molar-refractivity contribution in [1.82, 2.24) is 9.55 Å². The van der Waals surface area contributed by atoms with Crippen molar-refractivity contribution >= 4 is 57.7 Å². The molecule has 1 aliphatic heterocycles. The van der Waals surface area contributed by atoms with Crippen molar-refractivity contribution in [2.24, 2.45) is 0 Å². The Hall–Kier alpha value is -2.61. The van der Waals surface area contributed by atoms with Crippen LogP contribution in [0.2, 0.25) is 10.0 Å². The highest BCUT2D eigenvalue weighted by atomic mass is 35.5. The normalized spacial score (nSPS) is 15.6. The molecule has 2 aromatic carbocycles. The van der Waals surface area contributed by atoms with Gasteiger partial charge in [-0.25, -0.2) is 4.98 Å². The standard InChI is InChI=1S/C21H20Cl2N4O3/c1-30-10-4-9-26-20(29)18(27-17-6-3-2-5-16(17)25-21(26)27)12-19(28)24-13-7-8-14(22)15(23)11-13/h2-3,5-8,11,18H,4,9-10,12H2,1H3,(H,24,28)/t18-/m1/s1. The Morgan fingerprint density at radius 2 is 2.00 bits per heavy atom. The van der Waals surface area contributed by atoms with Gasteiger partial charge in [-0.15, -0.1) is 0 Å². The molecular weight excluding hydrogens is 427 g/mol. The number of para-hydroxylation sites is 2. The first-order chi connectivity index (χ1) is 14.5. The Labute approximate surface area is 183 Å². The lowest BCUT2D eigenvalue weighted by Crippen LogP contribution is -2.32. The van der Waals surface area contributed by atoms with Crippen LogP contribution in [0.3, 0.4) is 0 Å². The Morgan fingerprint density at radius 3 is 2.77 bits per heavy atom. The van der Waals surface area contributed by atoms with Gasteiger partial charge in [-0.05, 0) is 36.8 Å². The fraction of sp³-hybridized carbons (Fsp3) is 0.286. The molecule has 30 heavy (non-hydrogen) atoms. The highest BCUT2D eigenvalue weighted by molar-refractivity contribution is 6.42. The van der Waals surface area contributed by atoms with Crippen LogP contribution in [0, 0.1) is 0 Å². The molecule has 9 heteroatoms. The molecule has 1 atom stereocenters. The molecule has 0 fully saturated rings. The van der Waals surface area contributed by atoms with Crippen LogP contribution in [0.25, 0.3) is 11.0 Å². The number of nitrogens with one attached hydrogen (secondary N) is 1. The minimum absolute atomic E-state index is 0.0206. The third kappa shape index (κ3) is 3.88. The van der Waals surface area contributed by atoms with Gasteiger partial charge >= 0.3 is 0 Å². The van der Waals surface area contributed by atoms with E-state index in [1.807, 2.05) is 28.8 Å². The number of ether oxygens (including phenoxy) is 1. The lowest BCUT2D eigenvalue weighted by atomic mass is 10.1. The van der Waals surface area contributed by atoms with Crippen LogP contribution in [0.1, 0.15) is 18.9 Å². The maximum absolute atomic E-state index is 13.2. The summed E-state index contributed by atoms with van der Waals surface area (Å²) in [4.78, 5) is 32.2. The van der Waals surface area contributed by atoms with Crippen LogP contribution in [-0.4, -0.2) is 41.6 Å². The van der Waals surface area contributed by atoms with Crippen molar-refractivity contribution in [3.8, 4) is 0 Å². The van der Waals surface area contributed by atoms with E-state index >= 15 is 0 Å². The fourth-order valence-corrected chi connectivity index (χ4v) is 3.93. The van der Waals surface area contributed by atoms with Gasteiger partial charge in [0.15, 0.2) is 0 Å². The fourth-order valence-electron chi connectivity index (χ4n) is 3.64. The number of methoxy groups -OCH3 is 1. The molecule has 0 radical (unpaired) electrons. The number of carbonyl (C=O) groups is 2. The number of fused-ring (bicyclic) bond motifs is 3. The second-order valence-electron chi connectivity index (χ2n) is 7.00. The lowest BCUT2D eigenvalue weighted by molar-refractivity contribution is -0.124. The van der Waals surface area contributed by atoms with Gasteiger partial charge < -0.3 is 10.1 Å². The molecule has 1 aliphatic rings. The molecule has 0 aliphatic carbocycles. The minimum atomic E-state index is -0.669. The van der Waals surface area contributed by atoms with Gasteiger partial charge in [-0.2, -0.15) is 0 Å². The van der Waals surface area contributed by atoms with Crippen LogP contribution in [0.15, 0.2) is 42.5 Å². The average Bonchev–Trinajstić information content (AvgIpc) is 3.21. The zero-order valence-corrected chi connectivity index (χ0v) is 17.8. The number of rotatable bonds is 7. The highest BCUT2D eigenvalue weighted by Gasteiger charge is 2.40. The number of imidazole rings is 1. The molecule has 0 bridgehead atoms. The van der Waals surface area contributed by atoms with E-state index in [1.165, 1.54) is 0 Å². The number of aromatic nitrogens is 2. The monoisotopic (exact) mass is 446 g/mol. The summed E-state index contributed by atoms with van der Waals surface area (Å²) in [5, 5.41) is 3.54. The summed E-state index contributed by atoms with van der Waals surface area (Å²) in [5.74, 6) is 0.113. The summed E-state index contributed by atoms with van der Waals surface area (Å²) in [5.41, 5.74) is 2.13. The summed E-state index contributed by atoms with van der Waals surface area (Å²) < 4.78 is 6.96. The number of amides is 2. The largest absolute Gasteiger partial charge is 0.385 e. The molecule has 3 aromatic rings. The molecule has 4 rings (SSSR count). The summed E-state index contributed by atoms with van der Waals surface area (Å²) >= 11 is 11.9.